The van der Waals surface area contributed by atoms with Crippen LogP contribution >= 0.6 is 0 Å². The highest BCUT2D eigenvalue weighted by Crippen LogP contribution is 2.27. The van der Waals surface area contributed by atoms with Gasteiger partial charge in [0, 0.05) is 13.1 Å². The molecule has 1 fully saturated rings. The average molecular weight is 492 g/mol. The Morgan fingerprint density at radius 1 is 1.09 bits per heavy atom. The number of sulfonamides is 1. The van der Waals surface area contributed by atoms with Gasteiger partial charge in [0.15, 0.2) is 5.82 Å². The van der Waals surface area contributed by atoms with Crippen LogP contribution in [0.25, 0.3) is 11.0 Å². The lowest BCUT2D eigenvalue weighted by atomic mass is 9.98. The summed E-state index contributed by atoms with van der Waals surface area (Å²) in [4.78, 5) is 17.0. The molecule has 10 heteroatoms. The van der Waals surface area contributed by atoms with E-state index in [0.717, 1.165) is 10.1 Å². The molecule has 1 aromatic heterocycles. The fraction of sp³-hybridized carbons (Fsp3) is 0.417. The van der Waals surface area contributed by atoms with E-state index in [-0.39, 0.29) is 35.9 Å². The first kappa shape index (κ1) is 24.3. The van der Waals surface area contributed by atoms with E-state index in [0.29, 0.717) is 24.3 Å². The zero-order valence-corrected chi connectivity index (χ0v) is 19.8. The minimum atomic E-state index is -3.65. The summed E-state index contributed by atoms with van der Waals surface area (Å²) < 4.78 is 60.5. The molecule has 0 unspecified atom stereocenters. The molecule has 1 saturated heterocycles. The van der Waals surface area contributed by atoms with Crippen molar-refractivity contribution < 1.29 is 26.7 Å². The van der Waals surface area contributed by atoms with E-state index in [9.17, 15) is 22.0 Å². The first-order valence-corrected chi connectivity index (χ1v) is 12.6. The van der Waals surface area contributed by atoms with Crippen molar-refractivity contribution in [1.82, 2.24) is 13.9 Å². The lowest BCUT2D eigenvalue weighted by molar-refractivity contribution is -0.151. The van der Waals surface area contributed by atoms with Crippen LogP contribution in [0.5, 0.6) is 0 Å². The number of halogens is 2. The van der Waals surface area contributed by atoms with E-state index in [1.54, 1.807) is 30.3 Å². The molecule has 1 aliphatic rings. The molecular formula is C24H27F2N3O4S. The van der Waals surface area contributed by atoms with Gasteiger partial charge >= 0.3 is 12.5 Å². The van der Waals surface area contributed by atoms with E-state index in [4.69, 9.17) is 4.74 Å². The zero-order chi connectivity index (χ0) is 24.5. The lowest BCUT2D eigenvalue weighted by Gasteiger charge is -2.30. The molecule has 0 N–H and O–H groups in total. The van der Waals surface area contributed by atoms with Gasteiger partial charge in [-0.05, 0) is 48.6 Å². The van der Waals surface area contributed by atoms with Crippen molar-refractivity contribution in [2.45, 2.75) is 50.7 Å². The van der Waals surface area contributed by atoms with Crippen LogP contribution < -0.4 is 0 Å². The van der Waals surface area contributed by atoms with Gasteiger partial charge in [-0.2, -0.15) is 13.1 Å². The molecule has 0 spiro atoms. The number of esters is 1. The van der Waals surface area contributed by atoms with E-state index >= 15 is 0 Å². The smallest absolute Gasteiger partial charge is 0.320 e. The largest absolute Gasteiger partial charge is 0.457 e. The minimum absolute atomic E-state index is 0.0330. The van der Waals surface area contributed by atoms with Crippen LogP contribution in [0.15, 0.2) is 53.4 Å². The number of benzene rings is 2. The van der Waals surface area contributed by atoms with Crippen molar-refractivity contribution in [1.29, 1.82) is 0 Å². The van der Waals surface area contributed by atoms with Gasteiger partial charge < -0.3 is 4.74 Å². The molecule has 0 atom stereocenters. The molecule has 2 heterocycles. The van der Waals surface area contributed by atoms with Gasteiger partial charge in [-0.15, -0.1) is 0 Å². The van der Waals surface area contributed by atoms with Crippen LogP contribution in [0, 0.1) is 5.92 Å². The van der Waals surface area contributed by atoms with E-state index < -0.39 is 28.5 Å². The molecule has 1 aliphatic heterocycles. The van der Waals surface area contributed by atoms with Crippen LogP contribution in [-0.2, 0) is 26.2 Å². The Morgan fingerprint density at radius 2 is 1.74 bits per heavy atom. The van der Waals surface area contributed by atoms with E-state index in [2.05, 4.69) is 4.98 Å². The molecule has 0 saturated carbocycles. The SMILES string of the molecule is CC(C)c1ccc(S(=O)(=O)N2CCC(C(=O)OCc3nc4ccccc4n3C(F)F)CC2)cc1. The van der Waals surface area contributed by atoms with Crippen LogP contribution in [0.1, 0.15) is 50.5 Å². The Kier molecular flexibility index (Phi) is 6.99. The number of para-hydroxylation sites is 2. The fourth-order valence-electron chi connectivity index (χ4n) is 4.17. The second-order valence-corrected chi connectivity index (χ2v) is 10.6. The summed E-state index contributed by atoms with van der Waals surface area (Å²) in [5.74, 6) is -0.768. The van der Waals surface area contributed by atoms with E-state index in [1.807, 2.05) is 26.0 Å². The monoisotopic (exact) mass is 491 g/mol. The Bertz CT molecular complexity index is 1270. The number of carbonyl (C=O) groups is 1. The van der Waals surface area contributed by atoms with Crippen molar-refractivity contribution in [3.8, 4) is 0 Å². The number of carbonyl (C=O) groups excluding carboxylic acids is 1. The molecule has 0 radical (unpaired) electrons. The number of fused-ring (bicyclic) bond motifs is 1. The lowest BCUT2D eigenvalue weighted by Crippen LogP contribution is -2.40. The molecule has 3 aromatic rings. The summed E-state index contributed by atoms with van der Waals surface area (Å²) in [7, 11) is -3.65. The normalized spacial score (nSPS) is 15.9. The molecule has 0 amide bonds. The molecule has 0 bridgehead atoms. The van der Waals surface area contributed by atoms with Gasteiger partial charge in [-0.1, -0.05) is 38.1 Å². The van der Waals surface area contributed by atoms with Gasteiger partial charge in [0.2, 0.25) is 10.0 Å². The molecule has 182 valence electrons. The Morgan fingerprint density at radius 3 is 2.35 bits per heavy atom. The van der Waals surface area contributed by atoms with E-state index in [1.165, 1.54) is 10.4 Å². The molecular weight excluding hydrogens is 464 g/mol. The molecule has 2 aromatic carbocycles. The number of imidazole rings is 1. The van der Waals surface area contributed by atoms with Gasteiger partial charge in [0.1, 0.15) is 6.61 Å². The molecule has 7 nitrogen and oxygen atoms in total. The second kappa shape index (κ2) is 9.79. The third-order valence-corrected chi connectivity index (χ3v) is 8.09. The Hall–Kier alpha value is -2.85. The second-order valence-electron chi connectivity index (χ2n) is 8.67. The Labute approximate surface area is 197 Å². The number of nitrogens with zero attached hydrogens (tertiary/aromatic N) is 3. The molecule has 0 aliphatic carbocycles. The summed E-state index contributed by atoms with van der Waals surface area (Å²) in [6.45, 7) is 1.25. The van der Waals surface area contributed by atoms with Crippen LogP contribution in [0.3, 0.4) is 0 Å². The van der Waals surface area contributed by atoms with Crippen molar-refractivity contribution >= 4 is 27.0 Å². The zero-order valence-electron chi connectivity index (χ0n) is 19.0. The molecule has 4 rings (SSSR count). The topological polar surface area (TPSA) is 81.5 Å². The average Bonchev–Trinajstić information content (AvgIpc) is 3.21. The summed E-state index contributed by atoms with van der Waals surface area (Å²) in [6.07, 6.45) is 0.598. The predicted octanol–water partition coefficient (Wildman–Crippen LogP) is 4.70. The maximum atomic E-state index is 13.5. The van der Waals surface area contributed by atoms with Crippen molar-refractivity contribution in [2.24, 2.45) is 5.92 Å². The third-order valence-electron chi connectivity index (χ3n) is 6.18. The van der Waals surface area contributed by atoms with Gasteiger partial charge in [-0.3, -0.25) is 9.36 Å². The maximum Gasteiger partial charge on any atom is 0.320 e. The van der Waals surface area contributed by atoms with Crippen molar-refractivity contribution in [3.63, 3.8) is 0 Å². The number of rotatable bonds is 7. The summed E-state index contributed by atoms with van der Waals surface area (Å²) >= 11 is 0. The number of hydrogen-bond acceptors (Lipinski definition) is 5. The first-order valence-electron chi connectivity index (χ1n) is 11.2. The maximum absolute atomic E-state index is 13.5. The number of alkyl halides is 2. The highest BCUT2D eigenvalue weighted by molar-refractivity contribution is 7.89. The van der Waals surface area contributed by atoms with Crippen LogP contribution in [-0.4, -0.2) is 41.3 Å². The number of piperidine rings is 1. The number of hydrogen-bond donors (Lipinski definition) is 0. The Balaban J connectivity index is 1.37. The summed E-state index contributed by atoms with van der Waals surface area (Å²) in [6, 6.07) is 13.3. The van der Waals surface area contributed by atoms with Gasteiger partial charge in [0.25, 0.3) is 0 Å². The van der Waals surface area contributed by atoms with Gasteiger partial charge in [-0.25, -0.2) is 13.4 Å². The minimum Gasteiger partial charge on any atom is -0.457 e. The van der Waals surface area contributed by atoms with Crippen LogP contribution in [0.2, 0.25) is 0 Å². The summed E-state index contributed by atoms with van der Waals surface area (Å²) in [5.41, 5.74) is 1.72. The summed E-state index contributed by atoms with van der Waals surface area (Å²) in [5, 5.41) is 0. The first-order chi connectivity index (χ1) is 16.2. The number of aromatic nitrogens is 2. The third kappa shape index (κ3) is 4.83. The predicted molar refractivity (Wildman–Crippen MR) is 123 cm³/mol. The van der Waals surface area contributed by atoms with Crippen LogP contribution in [0.4, 0.5) is 8.78 Å². The van der Waals surface area contributed by atoms with Crippen molar-refractivity contribution in [2.75, 3.05) is 13.1 Å². The molecule has 34 heavy (non-hydrogen) atoms. The highest BCUT2D eigenvalue weighted by atomic mass is 32.2. The standard InChI is InChI=1S/C24H27F2N3O4S/c1-16(2)17-7-9-19(10-8-17)34(31,32)28-13-11-18(12-14-28)23(30)33-15-22-27-20-5-3-4-6-21(20)29(22)24(25)26/h3-10,16,18,24H,11-15H2,1-2H3. The van der Waals surface area contributed by atoms with Gasteiger partial charge in [0.05, 0.1) is 21.8 Å². The highest BCUT2D eigenvalue weighted by Gasteiger charge is 2.33. The van der Waals surface area contributed by atoms with Crippen molar-refractivity contribution in [3.05, 3.63) is 59.9 Å². The number of ether oxygens (including phenoxy) is 1. The quantitative estimate of drug-likeness (QED) is 0.448. The fourth-order valence-corrected chi connectivity index (χ4v) is 5.64.